The van der Waals surface area contributed by atoms with Crippen LogP contribution in [-0.4, -0.2) is 19.0 Å². The van der Waals surface area contributed by atoms with Crippen LogP contribution in [0.15, 0.2) is 18.2 Å². The van der Waals surface area contributed by atoms with E-state index < -0.39 is 5.82 Å². The summed E-state index contributed by atoms with van der Waals surface area (Å²) in [6, 6.07) is 4.26. The zero-order chi connectivity index (χ0) is 13.7. The van der Waals surface area contributed by atoms with Gasteiger partial charge < -0.3 is 11.1 Å². The lowest BCUT2D eigenvalue weighted by Crippen LogP contribution is -2.25. The van der Waals surface area contributed by atoms with E-state index in [0.29, 0.717) is 12.1 Å². The number of hydrogen-bond acceptors (Lipinski definition) is 2. The molecule has 1 aromatic rings. The van der Waals surface area contributed by atoms with E-state index in [0.717, 1.165) is 12.3 Å². The molecule has 1 amide bonds. The molecule has 4 heteroatoms. The van der Waals surface area contributed by atoms with E-state index in [1.807, 2.05) is 0 Å². The predicted molar refractivity (Wildman–Crippen MR) is 72.0 cm³/mol. The maximum atomic E-state index is 13.6. The van der Waals surface area contributed by atoms with Crippen LogP contribution in [0.3, 0.4) is 0 Å². The molecule has 3 N–H and O–H groups in total. The number of nitrogens with two attached hydrogens (primary N) is 1. The van der Waals surface area contributed by atoms with Crippen LogP contribution in [0.25, 0.3) is 0 Å². The Morgan fingerprint density at radius 3 is 2.95 bits per heavy atom. The highest BCUT2D eigenvalue weighted by Gasteiger charge is 2.21. The molecule has 0 saturated heterocycles. The molecule has 1 aromatic carbocycles. The summed E-state index contributed by atoms with van der Waals surface area (Å²) < 4.78 is 13.6. The number of halogens is 1. The number of benzene rings is 1. The van der Waals surface area contributed by atoms with Crippen LogP contribution in [0, 0.1) is 23.6 Å². The van der Waals surface area contributed by atoms with Crippen LogP contribution in [0.1, 0.15) is 35.2 Å². The van der Waals surface area contributed by atoms with Gasteiger partial charge in [-0.1, -0.05) is 24.7 Å². The predicted octanol–water partition coefficient (Wildman–Crippen LogP) is 1.67. The Morgan fingerprint density at radius 2 is 2.26 bits per heavy atom. The molecule has 0 unspecified atom stereocenters. The lowest BCUT2D eigenvalue weighted by atomic mass is 10.1. The third-order valence-electron chi connectivity index (χ3n) is 3.08. The van der Waals surface area contributed by atoms with Crippen LogP contribution in [0.4, 0.5) is 4.39 Å². The van der Waals surface area contributed by atoms with Crippen molar-refractivity contribution < 1.29 is 9.18 Å². The SMILES string of the molecule is NCC#Cc1ccc(F)c(C(=O)NCCC2CC2)c1. The van der Waals surface area contributed by atoms with Crippen molar-refractivity contribution in [2.75, 3.05) is 13.1 Å². The Morgan fingerprint density at radius 1 is 1.47 bits per heavy atom. The number of carbonyl (C=O) groups excluding carboxylic acids is 1. The molecule has 0 atom stereocenters. The summed E-state index contributed by atoms with van der Waals surface area (Å²) in [7, 11) is 0. The summed E-state index contributed by atoms with van der Waals surface area (Å²) in [5.74, 6) is 5.31. The lowest BCUT2D eigenvalue weighted by molar-refractivity contribution is 0.0948. The molecule has 1 aliphatic rings. The normalized spacial score (nSPS) is 13.6. The van der Waals surface area contributed by atoms with E-state index in [1.54, 1.807) is 6.07 Å². The van der Waals surface area contributed by atoms with Gasteiger partial charge in [0.1, 0.15) is 5.82 Å². The second kappa shape index (κ2) is 6.35. The molecule has 0 heterocycles. The molecule has 1 aliphatic carbocycles. The van der Waals surface area contributed by atoms with E-state index in [1.165, 1.54) is 25.0 Å². The maximum absolute atomic E-state index is 13.6. The van der Waals surface area contributed by atoms with E-state index in [9.17, 15) is 9.18 Å². The fourth-order valence-corrected chi connectivity index (χ4v) is 1.82. The van der Waals surface area contributed by atoms with E-state index >= 15 is 0 Å². The second-order valence-electron chi connectivity index (χ2n) is 4.69. The summed E-state index contributed by atoms with van der Waals surface area (Å²) in [6.07, 6.45) is 3.46. The van der Waals surface area contributed by atoms with Gasteiger partial charge in [0.2, 0.25) is 0 Å². The maximum Gasteiger partial charge on any atom is 0.254 e. The number of hydrogen-bond donors (Lipinski definition) is 2. The number of amides is 1. The Bertz CT molecular complexity index is 527. The smallest absolute Gasteiger partial charge is 0.254 e. The van der Waals surface area contributed by atoms with Crippen LogP contribution < -0.4 is 11.1 Å². The highest BCUT2D eigenvalue weighted by Crippen LogP contribution is 2.31. The third-order valence-corrected chi connectivity index (χ3v) is 3.08. The van der Waals surface area contributed by atoms with Crippen molar-refractivity contribution in [3.63, 3.8) is 0 Å². The highest BCUT2D eigenvalue weighted by molar-refractivity contribution is 5.94. The van der Waals surface area contributed by atoms with E-state index in [2.05, 4.69) is 17.2 Å². The monoisotopic (exact) mass is 260 g/mol. The minimum absolute atomic E-state index is 0.0413. The Balaban J connectivity index is 2.01. The van der Waals surface area contributed by atoms with Gasteiger partial charge in [-0.2, -0.15) is 0 Å². The van der Waals surface area contributed by atoms with Crippen molar-refractivity contribution in [1.82, 2.24) is 5.32 Å². The quantitative estimate of drug-likeness (QED) is 0.809. The first-order valence-corrected chi connectivity index (χ1v) is 6.47. The number of rotatable bonds is 4. The highest BCUT2D eigenvalue weighted by atomic mass is 19.1. The zero-order valence-corrected chi connectivity index (χ0v) is 10.7. The van der Waals surface area contributed by atoms with Gasteiger partial charge in [-0.3, -0.25) is 4.79 Å². The van der Waals surface area contributed by atoms with E-state index in [-0.39, 0.29) is 18.0 Å². The summed E-state index contributed by atoms with van der Waals surface area (Å²) in [5.41, 5.74) is 5.91. The Kier molecular flexibility index (Phi) is 4.53. The molecular formula is C15H17FN2O. The standard InChI is InChI=1S/C15H17FN2O/c16-14-6-5-12(2-1-8-17)10-13(14)15(19)18-9-7-11-3-4-11/h5-6,10-11H,3-4,7-9,17H2,(H,18,19). The Hall–Kier alpha value is -1.86. The van der Waals surface area contributed by atoms with E-state index in [4.69, 9.17) is 5.73 Å². The van der Waals surface area contributed by atoms with Crippen LogP contribution in [0.5, 0.6) is 0 Å². The van der Waals surface area contributed by atoms with Gasteiger partial charge in [-0.25, -0.2) is 4.39 Å². The van der Waals surface area contributed by atoms with Gasteiger partial charge in [0.15, 0.2) is 0 Å². The zero-order valence-electron chi connectivity index (χ0n) is 10.7. The largest absolute Gasteiger partial charge is 0.352 e. The molecule has 2 rings (SSSR count). The van der Waals surface area contributed by atoms with Crippen molar-refractivity contribution in [1.29, 1.82) is 0 Å². The molecule has 3 nitrogen and oxygen atoms in total. The minimum Gasteiger partial charge on any atom is -0.352 e. The number of nitrogens with one attached hydrogen (secondary N) is 1. The molecule has 1 saturated carbocycles. The fraction of sp³-hybridized carbons (Fsp3) is 0.400. The molecule has 0 spiro atoms. The molecule has 19 heavy (non-hydrogen) atoms. The molecule has 1 fully saturated rings. The van der Waals surface area contributed by atoms with Crippen LogP contribution >= 0.6 is 0 Å². The van der Waals surface area contributed by atoms with Crippen molar-refractivity contribution in [3.05, 3.63) is 35.1 Å². The first kappa shape index (κ1) is 13.6. The Labute approximate surface area is 112 Å². The average molecular weight is 260 g/mol. The number of carbonyl (C=O) groups is 1. The first-order chi connectivity index (χ1) is 9.20. The second-order valence-corrected chi connectivity index (χ2v) is 4.69. The van der Waals surface area contributed by atoms with Crippen molar-refractivity contribution >= 4 is 5.91 Å². The lowest BCUT2D eigenvalue weighted by Gasteiger charge is -2.06. The summed E-state index contributed by atoms with van der Waals surface area (Å²) >= 11 is 0. The summed E-state index contributed by atoms with van der Waals surface area (Å²) in [6.45, 7) is 0.835. The van der Waals surface area contributed by atoms with Gasteiger partial charge in [0.05, 0.1) is 12.1 Å². The topological polar surface area (TPSA) is 55.1 Å². The van der Waals surface area contributed by atoms with Gasteiger partial charge in [-0.05, 0) is 30.5 Å². The minimum atomic E-state index is -0.526. The first-order valence-electron chi connectivity index (χ1n) is 6.47. The molecule has 0 radical (unpaired) electrons. The van der Waals surface area contributed by atoms with Crippen molar-refractivity contribution in [3.8, 4) is 11.8 Å². The molecule has 0 aliphatic heterocycles. The molecule has 100 valence electrons. The van der Waals surface area contributed by atoms with Gasteiger partial charge in [0, 0.05) is 12.1 Å². The fourth-order valence-electron chi connectivity index (χ4n) is 1.82. The molecular weight excluding hydrogens is 243 g/mol. The summed E-state index contributed by atoms with van der Waals surface area (Å²) in [5, 5.41) is 2.74. The van der Waals surface area contributed by atoms with Gasteiger partial charge >= 0.3 is 0 Å². The van der Waals surface area contributed by atoms with Crippen LogP contribution in [-0.2, 0) is 0 Å². The van der Waals surface area contributed by atoms with Gasteiger partial charge in [0.25, 0.3) is 5.91 Å². The van der Waals surface area contributed by atoms with Crippen molar-refractivity contribution in [2.24, 2.45) is 11.7 Å². The summed E-state index contributed by atoms with van der Waals surface area (Å²) in [4.78, 5) is 11.9. The molecule has 0 aromatic heterocycles. The van der Waals surface area contributed by atoms with Crippen LogP contribution in [0.2, 0.25) is 0 Å². The average Bonchev–Trinajstić information content (AvgIpc) is 3.21. The third kappa shape index (κ3) is 4.08. The van der Waals surface area contributed by atoms with Gasteiger partial charge in [-0.15, -0.1) is 0 Å². The van der Waals surface area contributed by atoms with Crippen molar-refractivity contribution in [2.45, 2.75) is 19.3 Å². The molecule has 0 bridgehead atoms.